The van der Waals surface area contributed by atoms with Gasteiger partial charge in [-0.3, -0.25) is 14.5 Å². The second kappa shape index (κ2) is 8.36. The van der Waals surface area contributed by atoms with Crippen LogP contribution >= 0.6 is 34.4 Å². The third-order valence-electron chi connectivity index (χ3n) is 3.98. The molecule has 0 aliphatic carbocycles. The molecule has 2 amide bonds. The molecule has 3 rings (SSSR count). The van der Waals surface area contributed by atoms with Gasteiger partial charge in [-0.25, -0.2) is 0 Å². The van der Waals surface area contributed by atoms with Crippen LogP contribution in [0.5, 0.6) is 11.5 Å². The number of rotatable bonds is 3. The normalized spacial score (nSPS) is 14.9. The Kier molecular flexibility index (Phi) is 6.09. The average molecular weight is 508 g/mol. The van der Waals surface area contributed by atoms with Crippen LogP contribution in [-0.4, -0.2) is 29.2 Å². The maximum atomic E-state index is 12.4. The summed E-state index contributed by atoms with van der Waals surface area (Å²) in [6.07, 6.45) is 1.67. The third-order valence-corrected chi connectivity index (χ3v) is 5.77. The number of thioether (sulfide) groups is 1. The largest absolute Gasteiger partial charge is 0.504 e. The Hall–Kier alpha value is -2.33. The van der Waals surface area contributed by atoms with Crippen LogP contribution in [-0.2, 0) is 9.59 Å². The first-order valence-electron chi connectivity index (χ1n) is 8.26. The van der Waals surface area contributed by atoms with E-state index in [9.17, 15) is 14.7 Å². The highest BCUT2D eigenvalue weighted by Crippen LogP contribution is 2.36. The summed E-state index contributed by atoms with van der Waals surface area (Å²) >= 11 is 3.13. The second-order valence-corrected chi connectivity index (χ2v) is 8.23. The molecule has 1 aliphatic rings. The summed E-state index contributed by atoms with van der Waals surface area (Å²) in [5, 5.41) is 10.3. The van der Waals surface area contributed by atoms with E-state index in [1.807, 2.05) is 53.8 Å². The van der Waals surface area contributed by atoms with Crippen molar-refractivity contribution in [3.8, 4) is 11.5 Å². The van der Waals surface area contributed by atoms with Crippen LogP contribution in [0.3, 0.4) is 0 Å². The maximum absolute atomic E-state index is 12.4. The summed E-state index contributed by atoms with van der Waals surface area (Å²) in [7, 11) is 1.46. The van der Waals surface area contributed by atoms with E-state index >= 15 is 0 Å². The van der Waals surface area contributed by atoms with Crippen LogP contribution in [0.25, 0.3) is 6.08 Å². The van der Waals surface area contributed by atoms with Gasteiger partial charge in [0.05, 0.1) is 21.3 Å². The number of ether oxygens (including phenoxy) is 1. The summed E-state index contributed by atoms with van der Waals surface area (Å²) in [6.45, 7) is 3.39. The number of amidine groups is 1. The predicted octanol–water partition coefficient (Wildman–Crippen LogP) is 4.34. The number of carbonyl (C=O) groups is 2. The maximum Gasteiger partial charge on any atom is 0.286 e. The number of nitrogens with zero attached hydrogens (tertiary/aromatic N) is 2. The third kappa shape index (κ3) is 4.22. The number of aryl methyl sites for hydroxylation is 1. The Balaban J connectivity index is 1.92. The van der Waals surface area contributed by atoms with Gasteiger partial charge in [0.2, 0.25) is 5.91 Å². The van der Waals surface area contributed by atoms with Crippen LogP contribution in [0.2, 0.25) is 0 Å². The number of benzene rings is 2. The summed E-state index contributed by atoms with van der Waals surface area (Å²) in [6, 6.07) is 10.8. The molecule has 1 heterocycles. The lowest BCUT2D eigenvalue weighted by Crippen LogP contribution is -2.32. The van der Waals surface area contributed by atoms with Crippen molar-refractivity contribution < 1.29 is 19.4 Å². The molecule has 2 aromatic rings. The molecule has 0 atom stereocenters. The van der Waals surface area contributed by atoms with Gasteiger partial charge in [0.1, 0.15) is 0 Å². The highest BCUT2D eigenvalue weighted by molar-refractivity contribution is 14.1. The fourth-order valence-corrected chi connectivity index (χ4v) is 4.20. The molecule has 0 saturated carbocycles. The van der Waals surface area contributed by atoms with E-state index in [1.165, 1.54) is 18.9 Å². The smallest absolute Gasteiger partial charge is 0.286 e. The van der Waals surface area contributed by atoms with Crippen molar-refractivity contribution in [2.75, 3.05) is 12.0 Å². The van der Waals surface area contributed by atoms with E-state index in [0.29, 0.717) is 30.6 Å². The standard InChI is InChI=1S/C20H17IN2O4S/c1-11-4-6-14(7-5-11)23(12(2)24)20-22-19(26)17(28-20)10-13-8-15(21)18(25)16(9-13)27-3/h4-10,25H,1-3H3. The van der Waals surface area contributed by atoms with Crippen molar-refractivity contribution >= 4 is 63.1 Å². The number of hydrogen-bond donors (Lipinski definition) is 1. The minimum Gasteiger partial charge on any atom is -0.504 e. The number of phenols is 1. The molecule has 1 N–H and O–H groups in total. The van der Waals surface area contributed by atoms with Gasteiger partial charge in [0.25, 0.3) is 5.91 Å². The molecule has 1 aliphatic heterocycles. The molecule has 0 aromatic heterocycles. The lowest BCUT2D eigenvalue weighted by atomic mass is 10.2. The lowest BCUT2D eigenvalue weighted by Gasteiger charge is -2.19. The van der Waals surface area contributed by atoms with Crippen LogP contribution in [0.15, 0.2) is 46.3 Å². The number of hydrogen-bond acceptors (Lipinski definition) is 5. The lowest BCUT2D eigenvalue weighted by molar-refractivity contribution is -0.115. The van der Waals surface area contributed by atoms with E-state index in [1.54, 1.807) is 18.2 Å². The Morgan fingerprint density at radius 1 is 1.29 bits per heavy atom. The van der Waals surface area contributed by atoms with Crippen molar-refractivity contribution in [3.63, 3.8) is 0 Å². The van der Waals surface area contributed by atoms with Gasteiger partial charge in [-0.1, -0.05) is 17.7 Å². The first kappa shape index (κ1) is 20.4. The first-order valence-corrected chi connectivity index (χ1v) is 10.2. The molecule has 0 saturated heterocycles. The van der Waals surface area contributed by atoms with E-state index in [4.69, 9.17) is 4.74 Å². The predicted molar refractivity (Wildman–Crippen MR) is 120 cm³/mol. The Labute approximate surface area is 180 Å². The highest BCUT2D eigenvalue weighted by atomic mass is 127. The van der Waals surface area contributed by atoms with Gasteiger partial charge >= 0.3 is 0 Å². The minimum atomic E-state index is -0.416. The van der Waals surface area contributed by atoms with Crippen LogP contribution in [0, 0.1) is 10.5 Å². The van der Waals surface area contributed by atoms with Crippen LogP contribution in [0.4, 0.5) is 5.69 Å². The molecular formula is C20H17IN2O4S. The topological polar surface area (TPSA) is 79.2 Å². The first-order chi connectivity index (χ1) is 13.3. The number of aliphatic imine (C=N–C) groups is 1. The van der Waals surface area contributed by atoms with Crippen molar-refractivity contribution in [1.82, 2.24) is 0 Å². The molecule has 8 heteroatoms. The summed E-state index contributed by atoms with van der Waals surface area (Å²) < 4.78 is 5.76. The number of halogens is 1. The van der Waals surface area contributed by atoms with Gasteiger partial charge in [0.15, 0.2) is 16.7 Å². The average Bonchev–Trinajstić information content (AvgIpc) is 2.99. The quantitative estimate of drug-likeness (QED) is 0.493. The zero-order valence-corrected chi connectivity index (χ0v) is 18.4. The fraction of sp³-hybridized carbons (Fsp3) is 0.150. The number of carbonyl (C=O) groups excluding carboxylic acids is 2. The van der Waals surface area contributed by atoms with Gasteiger partial charge in [-0.05, 0) is 77.2 Å². The van der Waals surface area contributed by atoms with Crippen molar-refractivity contribution in [1.29, 1.82) is 0 Å². The molecule has 0 radical (unpaired) electrons. The van der Waals surface area contributed by atoms with E-state index in [2.05, 4.69) is 4.99 Å². The van der Waals surface area contributed by atoms with Gasteiger partial charge in [-0.2, -0.15) is 4.99 Å². The van der Waals surface area contributed by atoms with Crippen molar-refractivity contribution in [2.45, 2.75) is 13.8 Å². The van der Waals surface area contributed by atoms with Crippen LogP contribution in [0.1, 0.15) is 18.1 Å². The minimum absolute atomic E-state index is 0.0507. The van der Waals surface area contributed by atoms with Gasteiger partial charge in [-0.15, -0.1) is 0 Å². The second-order valence-electron chi connectivity index (χ2n) is 6.05. The SMILES string of the molecule is COc1cc(C=C2SC(N(C(C)=O)c3ccc(C)cc3)=NC2=O)cc(I)c1O. The number of aromatic hydroxyl groups is 1. The zero-order valence-electron chi connectivity index (χ0n) is 15.4. The molecule has 0 bridgehead atoms. The van der Waals surface area contributed by atoms with Crippen molar-refractivity contribution in [3.05, 3.63) is 56.0 Å². The monoisotopic (exact) mass is 508 g/mol. The van der Waals surface area contributed by atoms with E-state index in [0.717, 1.165) is 17.3 Å². The molecule has 0 spiro atoms. The molecular weight excluding hydrogens is 491 g/mol. The Morgan fingerprint density at radius 3 is 2.57 bits per heavy atom. The molecule has 0 fully saturated rings. The van der Waals surface area contributed by atoms with Crippen LogP contribution < -0.4 is 9.64 Å². The summed E-state index contributed by atoms with van der Waals surface area (Å²) in [5.74, 6) is -0.277. The molecule has 2 aromatic carbocycles. The molecule has 144 valence electrons. The van der Waals surface area contributed by atoms with Crippen molar-refractivity contribution in [2.24, 2.45) is 4.99 Å². The molecule has 28 heavy (non-hydrogen) atoms. The Bertz CT molecular complexity index is 1020. The van der Waals surface area contributed by atoms with E-state index in [-0.39, 0.29) is 11.7 Å². The zero-order chi connectivity index (χ0) is 20.4. The molecule has 6 nitrogen and oxygen atoms in total. The fourth-order valence-electron chi connectivity index (χ4n) is 2.60. The number of amides is 2. The van der Waals surface area contributed by atoms with Gasteiger partial charge < -0.3 is 9.84 Å². The number of anilines is 1. The summed E-state index contributed by atoms with van der Waals surface area (Å²) in [4.78, 5) is 30.5. The number of phenolic OH excluding ortho intramolecular Hbond substituents is 1. The molecule has 0 unspecified atom stereocenters. The van der Waals surface area contributed by atoms with Gasteiger partial charge in [0, 0.05) is 6.92 Å². The highest BCUT2D eigenvalue weighted by Gasteiger charge is 2.29. The summed E-state index contributed by atoms with van der Waals surface area (Å²) in [5.41, 5.74) is 2.41. The van der Waals surface area contributed by atoms with E-state index < -0.39 is 5.91 Å². The Morgan fingerprint density at radius 2 is 1.96 bits per heavy atom. The number of methoxy groups -OCH3 is 1.